The third-order valence-corrected chi connectivity index (χ3v) is 2.53. The van der Waals surface area contributed by atoms with Gasteiger partial charge in [-0.15, -0.1) is 0 Å². The normalized spacial score (nSPS) is 10.1. The number of nitrogens with one attached hydrogen (secondary N) is 1. The van der Waals surface area contributed by atoms with Crippen molar-refractivity contribution in [1.29, 1.82) is 0 Å². The van der Waals surface area contributed by atoms with E-state index >= 15 is 0 Å². The van der Waals surface area contributed by atoms with Crippen LogP contribution in [0.15, 0.2) is 12.1 Å². The summed E-state index contributed by atoms with van der Waals surface area (Å²) in [6.45, 7) is 4.66. The van der Waals surface area contributed by atoms with Crippen LogP contribution in [0.25, 0.3) is 0 Å². The fourth-order valence-electron chi connectivity index (χ4n) is 1.77. The van der Waals surface area contributed by atoms with E-state index in [-0.39, 0.29) is 6.42 Å². The van der Waals surface area contributed by atoms with E-state index in [2.05, 4.69) is 11.4 Å². The van der Waals surface area contributed by atoms with Crippen LogP contribution in [-0.2, 0) is 4.79 Å². The number of hydrogen-bond acceptors (Lipinski definition) is 3. The molecule has 0 atom stereocenters. The number of carboxylic acid groups (broad SMARTS) is 1. The van der Waals surface area contributed by atoms with Crippen molar-refractivity contribution < 1.29 is 14.6 Å². The molecule has 0 fully saturated rings. The Morgan fingerprint density at radius 2 is 2.12 bits per heavy atom. The molecule has 2 N–H and O–H groups in total. The summed E-state index contributed by atoms with van der Waals surface area (Å²) in [7, 11) is 1.64. The van der Waals surface area contributed by atoms with E-state index in [4.69, 9.17) is 9.84 Å². The molecule has 1 aromatic rings. The Morgan fingerprint density at radius 3 is 2.71 bits per heavy atom. The van der Waals surface area contributed by atoms with Gasteiger partial charge in [0.05, 0.1) is 12.8 Å². The summed E-state index contributed by atoms with van der Waals surface area (Å²) >= 11 is 0. The van der Waals surface area contributed by atoms with Crippen LogP contribution in [0.1, 0.15) is 24.0 Å². The molecule has 0 saturated carbocycles. The van der Waals surface area contributed by atoms with Gasteiger partial charge in [-0.1, -0.05) is 6.07 Å². The van der Waals surface area contributed by atoms with Crippen LogP contribution in [0.4, 0.5) is 5.69 Å². The van der Waals surface area contributed by atoms with Crippen molar-refractivity contribution in [3.05, 3.63) is 23.3 Å². The van der Waals surface area contributed by atoms with Gasteiger partial charge < -0.3 is 15.2 Å². The van der Waals surface area contributed by atoms with Crippen molar-refractivity contribution in [3.8, 4) is 5.75 Å². The van der Waals surface area contributed by atoms with Crippen LogP contribution in [0.5, 0.6) is 5.75 Å². The number of anilines is 1. The Hall–Kier alpha value is -1.71. The van der Waals surface area contributed by atoms with Crippen LogP contribution in [0.2, 0.25) is 0 Å². The molecule has 4 heteroatoms. The zero-order valence-corrected chi connectivity index (χ0v) is 10.5. The average molecular weight is 237 g/mol. The van der Waals surface area contributed by atoms with E-state index in [1.807, 2.05) is 19.9 Å². The number of rotatable bonds is 6. The highest BCUT2D eigenvalue weighted by atomic mass is 16.5. The van der Waals surface area contributed by atoms with Crippen LogP contribution in [0, 0.1) is 13.8 Å². The molecule has 0 aliphatic carbocycles. The van der Waals surface area contributed by atoms with Crippen molar-refractivity contribution >= 4 is 11.7 Å². The zero-order valence-electron chi connectivity index (χ0n) is 10.5. The maximum Gasteiger partial charge on any atom is 0.303 e. The van der Waals surface area contributed by atoms with Crippen molar-refractivity contribution in [2.45, 2.75) is 26.7 Å². The minimum absolute atomic E-state index is 0.181. The first-order chi connectivity index (χ1) is 8.04. The SMILES string of the molecule is COc1cc(C)cc(C)c1NCCCC(=O)O. The van der Waals surface area contributed by atoms with E-state index in [0.29, 0.717) is 13.0 Å². The molecule has 0 bridgehead atoms. The summed E-state index contributed by atoms with van der Waals surface area (Å²) in [5.41, 5.74) is 3.20. The second-order valence-corrected chi connectivity index (χ2v) is 4.08. The number of aryl methyl sites for hydroxylation is 2. The molecule has 0 aliphatic rings. The highest BCUT2D eigenvalue weighted by molar-refractivity contribution is 5.67. The van der Waals surface area contributed by atoms with E-state index < -0.39 is 5.97 Å². The van der Waals surface area contributed by atoms with Crippen molar-refractivity contribution in [2.75, 3.05) is 19.0 Å². The minimum atomic E-state index is -0.764. The highest BCUT2D eigenvalue weighted by Gasteiger charge is 2.07. The fourth-order valence-corrected chi connectivity index (χ4v) is 1.77. The van der Waals surface area contributed by atoms with Gasteiger partial charge in [-0.05, 0) is 37.5 Å². The Bertz CT molecular complexity index is 402. The third-order valence-electron chi connectivity index (χ3n) is 2.53. The van der Waals surface area contributed by atoms with Gasteiger partial charge in [-0.2, -0.15) is 0 Å². The summed E-state index contributed by atoms with van der Waals surface area (Å²) < 4.78 is 5.31. The Kier molecular flexibility index (Phi) is 4.82. The molecule has 1 rings (SSSR count). The predicted molar refractivity (Wildman–Crippen MR) is 67.8 cm³/mol. The molecule has 0 radical (unpaired) electrons. The van der Waals surface area contributed by atoms with E-state index in [0.717, 1.165) is 22.6 Å². The van der Waals surface area contributed by atoms with Crippen LogP contribution in [-0.4, -0.2) is 24.7 Å². The van der Waals surface area contributed by atoms with E-state index in [9.17, 15) is 4.79 Å². The smallest absolute Gasteiger partial charge is 0.303 e. The van der Waals surface area contributed by atoms with Crippen LogP contribution < -0.4 is 10.1 Å². The van der Waals surface area contributed by atoms with Gasteiger partial charge in [0.1, 0.15) is 5.75 Å². The van der Waals surface area contributed by atoms with Gasteiger partial charge in [-0.3, -0.25) is 4.79 Å². The van der Waals surface area contributed by atoms with Crippen molar-refractivity contribution in [1.82, 2.24) is 0 Å². The van der Waals surface area contributed by atoms with Gasteiger partial charge in [0.2, 0.25) is 0 Å². The van der Waals surface area contributed by atoms with Gasteiger partial charge in [0.25, 0.3) is 0 Å². The number of ether oxygens (including phenoxy) is 1. The number of carbonyl (C=O) groups is 1. The molecule has 17 heavy (non-hydrogen) atoms. The molecule has 0 aliphatic heterocycles. The lowest BCUT2D eigenvalue weighted by atomic mass is 10.1. The van der Waals surface area contributed by atoms with Gasteiger partial charge in [0.15, 0.2) is 0 Å². The largest absolute Gasteiger partial charge is 0.495 e. The number of aliphatic carboxylic acids is 1. The quantitative estimate of drug-likeness (QED) is 0.747. The average Bonchev–Trinajstić information content (AvgIpc) is 2.25. The van der Waals surface area contributed by atoms with Crippen molar-refractivity contribution in [2.24, 2.45) is 0 Å². The second-order valence-electron chi connectivity index (χ2n) is 4.08. The first-order valence-electron chi connectivity index (χ1n) is 5.65. The second kappa shape index (κ2) is 6.13. The summed E-state index contributed by atoms with van der Waals surface area (Å²) in [6.07, 6.45) is 0.784. The Labute approximate surface area is 102 Å². The third kappa shape index (κ3) is 3.98. The molecule has 0 heterocycles. The lowest BCUT2D eigenvalue weighted by Gasteiger charge is -2.14. The highest BCUT2D eigenvalue weighted by Crippen LogP contribution is 2.29. The Balaban J connectivity index is 2.66. The van der Waals surface area contributed by atoms with Gasteiger partial charge >= 0.3 is 5.97 Å². The molecular weight excluding hydrogens is 218 g/mol. The summed E-state index contributed by atoms with van der Waals surface area (Å²) in [5, 5.41) is 11.8. The van der Waals surface area contributed by atoms with Crippen molar-refractivity contribution in [3.63, 3.8) is 0 Å². The molecule has 0 saturated heterocycles. The zero-order chi connectivity index (χ0) is 12.8. The van der Waals surface area contributed by atoms with E-state index in [1.54, 1.807) is 7.11 Å². The molecule has 0 amide bonds. The molecule has 0 spiro atoms. The molecule has 4 nitrogen and oxygen atoms in total. The monoisotopic (exact) mass is 237 g/mol. The van der Waals surface area contributed by atoms with Gasteiger partial charge in [-0.25, -0.2) is 0 Å². The van der Waals surface area contributed by atoms with Crippen LogP contribution >= 0.6 is 0 Å². The maximum absolute atomic E-state index is 10.4. The molecule has 1 aromatic carbocycles. The lowest BCUT2D eigenvalue weighted by Crippen LogP contribution is -2.07. The summed E-state index contributed by atoms with van der Waals surface area (Å²) in [5.74, 6) is 0.0391. The number of carboxylic acids is 1. The molecular formula is C13H19NO3. The number of benzene rings is 1. The minimum Gasteiger partial charge on any atom is -0.495 e. The molecule has 94 valence electrons. The Morgan fingerprint density at radius 1 is 1.41 bits per heavy atom. The number of methoxy groups -OCH3 is 1. The number of hydrogen-bond donors (Lipinski definition) is 2. The van der Waals surface area contributed by atoms with E-state index in [1.165, 1.54) is 0 Å². The predicted octanol–water partition coefficient (Wildman–Crippen LogP) is 2.59. The van der Waals surface area contributed by atoms with Crippen LogP contribution in [0.3, 0.4) is 0 Å². The first-order valence-corrected chi connectivity index (χ1v) is 5.65. The first kappa shape index (κ1) is 13.4. The summed E-state index contributed by atoms with van der Waals surface area (Å²) in [6, 6.07) is 4.04. The lowest BCUT2D eigenvalue weighted by molar-refractivity contribution is -0.137. The molecule has 0 aromatic heterocycles. The maximum atomic E-state index is 10.4. The summed E-state index contributed by atoms with van der Waals surface area (Å²) in [4.78, 5) is 10.4. The van der Waals surface area contributed by atoms with Gasteiger partial charge in [0, 0.05) is 13.0 Å². The molecule has 0 unspecified atom stereocenters. The topological polar surface area (TPSA) is 58.6 Å². The fraction of sp³-hybridized carbons (Fsp3) is 0.462. The standard InChI is InChI=1S/C13H19NO3/c1-9-7-10(2)13(11(8-9)17-3)14-6-4-5-12(15)16/h7-8,14H,4-6H2,1-3H3,(H,15,16).